The first-order valence-corrected chi connectivity index (χ1v) is 22.1. The lowest BCUT2D eigenvalue weighted by Crippen LogP contribution is -2.09. The number of aromatic nitrogens is 2. The van der Waals surface area contributed by atoms with Crippen LogP contribution in [0.3, 0.4) is 0 Å². The topological polar surface area (TPSA) is 29.0 Å². The van der Waals surface area contributed by atoms with Crippen molar-refractivity contribution in [2.24, 2.45) is 0 Å². The highest BCUT2D eigenvalue weighted by molar-refractivity contribution is 6.33. The van der Waals surface area contributed by atoms with Crippen LogP contribution in [0.25, 0.3) is 99.0 Å². The van der Waals surface area contributed by atoms with E-state index in [1.807, 2.05) is 24.5 Å². The van der Waals surface area contributed by atoms with Gasteiger partial charge in [-0.2, -0.15) is 0 Å². The van der Waals surface area contributed by atoms with Gasteiger partial charge in [-0.15, -0.1) is 0 Å². The fraction of sp³-hybridized carbons (Fsp3) is 0. The van der Waals surface area contributed by atoms with Crippen LogP contribution in [0, 0.1) is 0 Å². The van der Waals surface area contributed by atoms with E-state index in [4.69, 9.17) is 9.97 Å². The minimum atomic E-state index is 0.943. The molecule has 12 rings (SSSR count). The van der Waals surface area contributed by atoms with Gasteiger partial charge in [-0.25, -0.2) is 0 Å². The zero-order valence-electron chi connectivity index (χ0n) is 35.5. The summed E-state index contributed by atoms with van der Waals surface area (Å²) in [5.41, 5.74) is 14.4. The van der Waals surface area contributed by atoms with Crippen molar-refractivity contribution in [1.82, 2.24) is 9.97 Å². The first-order chi connectivity index (χ1) is 32.2. The van der Waals surface area contributed by atoms with E-state index < -0.39 is 0 Å². The molecule has 3 heteroatoms. The molecule has 3 nitrogen and oxygen atoms in total. The Morgan fingerprint density at radius 2 is 0.769 bits per heavy atom. The Labute approximate surface area is 378 Å². The predicted molar refractivity (Wildman–Crippen MR) is 274 cm³/mol. The smallest absolute Gasteiger partial charge is 0.0702 e. The van der Waals surface area contributed by atoms with Crippen molar-refractivity contribution in [3.8, 4) is 55.9 Å². The van der Waals surface area contributed by atoms with Crippen LogP contribution in [0.4, 0.5) is 17.1 Å². The number of hydrogen-bond donors (Lipinski definition) is 0. The molecule has 0 N–H and O–H groups in total. The summed E-state index contributed by atoms with van der Waals surface area (Å²) in [7, 11) is 0. The van der Waals surface area contributed by atoms with E-state index in [0.29, 0.717) is 0 Å². The summed E-state index contributed by atoms with van der Waals surface area (Å²) >= 11 is 0. The lowest BCUT2D eigenvalue weighted by molar-refractivity contribution is 1.29. The molecular formula is C62H41N3. The fourth-order valence-corrected chi connectivity index (χ4v) is 9.70. The van der Waals surface area contributed by atoms with Crippen molar-refractivity contribution in [2.75, 3.05) is 4.90 Å². The second-order valence-corrected chi connectivity index (χ2v) is 16.5. The van der Waals surface area contributed by atoms with Crippen LogP contribution < -0.4 is 4.90 Å². The third kappa shape index (κ3) is 6.87. The zero-order valence-corrected chi connectivity index (χ0v) is 35.5. The van der Waals surface area contributed by atoms with Gasteiger partial charge in [0.25, 0.3) is 0 Å². The zero-order chi connectivity index (χ0) is 43.1. The summed E-state index contributed by atoms with van der Waals surface area (Å²) < 4.78 is 0. The SMILES string of the molecule is c1ccc(-c2cc(-c3ccc(N(c4ccccc4)c4ccc5ccccc5c4)cc3)c3c4ccc(-c5ccccn5)cc4c4cc(-c5ccccn5)ccc4c3c2-c2ccccc2)cc1. The molecule has 0 saturated carbocycles. The normalized spacial score (nSPS) is 11.4. The Morgan fingerprint density at radius 1 is 0.277 bits per heavy atom. The van der Waals surface area contributed by atoms with E-state index in [1.54, 1.807) is 0 Å². The maximum atomic E-state index is 4.79. The minimum absolute atomic E-state index is 0.943. The van der Waals surface area contributed by atoms with Crippen molar-refractivity contribution in [2.45, 2.75) is 0 Å². The van der Waals surface area contributed by atoms with Gasteiger partial charge in [0, 0.05) is 40.6 Å². The summed E-state index contributed by atoms with van der Waals surface area (Å²) in [6, 6.07) is 85.4. The maximum absolute atomic E-state index is 4.79. The Hall–Kier alpha value is -8.66. The number of hydrogen-bond acceptors (Lipinski definition) is 3. The van der Waals surface area contributed by atoms with Gasteiger partial charge >= 0.3 is 0 Å². The van der Waals surface area contributed by atoms with Crippen LogP contribution in [-0.2, 0) is 0 Å². The van der Waals surface area contributed by atoms with Crippen LogP contribution in [0.5, 0.6) is 0 Å². The molecule has 0 saturated heterocycles. The maximum Gasteiger partial charge on any atom is 0.0702 e. The van der Waals surface area contributed by atoms with Crippen molar-refractivity contribution >= 4 is 60.2 Å². The van der Waals surface area contributed by atoms with Crippen LogP contribution in [0.2, 0.25) is 0 Å². The number of benzene rings is 10. The first-order valence-electron chi connectivity index (χ1n) is 22.1. The highest BCUT2D eigenvalue weighted by atomic mass is 15.1. The highest BCUT2D eigenvalue weighted by Crippen LogP contribution is 2.50. The van der Waals surface area contributed by atoms with E-state index in [1.165, 1.54) is 70.9 Å². The largest absolute Gasteiger partial charge is 0.310 e. The molecule has 2 heterocycles. The minimum Gasteiger partial charge on any atom is -0.310 e. The van der Waals surface area contributed by atoms with Crippen LogP contribution in [0.15, 0.2) is 249 Å². The van der Waals surface area contributed by atoms with Crippen molar-refractivity contribution in [1.29, 1.82) is 0 Å². The standard InChI is InChI=1S/C62H41N3/c1-4-17-43(18-5-1)54-41-55(44-27-31-50(32-28-44)65(49-22-8-3-9-23-49)51-33-26-42-16-10-11-21-46(42)38-51)61-52-34-29-47(58-24-12-14-36-63-58)39-56(52)57-40-48(59-25-13-15-37-64-59)30-35-53(57)62(61)60(54)45-19-6-2-7-20-45/h1-41H. The van der Waals surface area contributed by atoms with Crippen LogP contribution in [-0.4, -0.2) is 9.97 Å². The van der Waals surface area contributed by atoms with Crippen LogP contribution in [0.1, 0.15) is 0 Å². The van der Waals surface area contributed by atoms with Gasteiger partial charge in [0.15, 0.2) is 0 Å². The number of pyridine rings is 2. The summed E-state index contributed by atoms with van der Waals surface area (Å²) in [5, 5.41) is 9.58. The lowest BCUT2D eigenvalue weighted by atomic mass is 9.81. The number of para-hydroxylation sites is 1. The quantitative estimate of drug-likeness (QED) is 0.143. The van der Waals surface area contributed by atoms with Crippen molar-refractivity contribution in [3.05, 3.63) is 249 Å². The molecule has 0 bridgehead atoms. The summed E-state index contributed by atoms with van der Waals surface area (Å²) in [6.07, 6.45) is 3.74. The lowest BCUT2D eigenvalue weighted by Gasteiger charge is -2.26. The van der Waals surface area contributed by atoms with E-state index >= 15 is 0 Å². The fourth-order valence-electron chi connectivity index (χ4n) is 9.70. The van der Waals surface area contributed by atoms with Gasteiger partial charge in [0.1, 0.15) is 0 Å². The molecule has 304 valence electrons. The monoisotopic (exact) mass is 827 g/mol. The number of anilines is 3. The molecule has 0 amide bonds. The Bertz CT molecular complexity index is 3670. The number of fused-ring (bicyclic) bond motifs is 7. The molecule has 0 aliphatic carbocycles. The molecule has 0 fully saturated rings. The van der Waals surface area contributed by atoms with E-state index in [9.17, 15) is 0 Å². The predicted octanol–water partition coefficient (Wildman–Crippen LogP) is 16.9. The Kier molecular flexibility index (Phi) is 9.50. The van der Waals surface area contributed by atoms with E-state index in [0.717, 1.165) is 45.1 Å². The molecule has 12 aromatic rings. The average molecular weight is 828 g/mol. The molecule has 0 atom stereocenters. The second kappa shape index (κ2) is 16.2. The number of rotatable bonds is 8. The molecule has 65 heavy (non-hydrogen) atoms. The van der Waals surface area contributed by atoms with Crippen molar-refractivity contribution < 1.29 is 0 Å². The second-order valence-electron chi connectivity index (χ2n) is 16.5. The average Bonchev–Trinajstić information content (AvgIpc) is 3.39. The van der Waals surface area contributed by atoms with Crippen LogP contribution >= 0.6 is 0 Å². The molecule has 10 aromatic carbocycles. The third-order valence-corrected chi connectivity index (χ3v) is 12.7. The molecular weight excluding hydrogens is 787 g/mol. The summed E-state index contributed by atoms with van der Waals surface area (Å²) in [4.78, 5) is 11.9. The van der Waals surface area contributed by atoms with E-state index in [2.05, 4.69) is 229 Å². The molecule has 0 unspecified atom stereocenters. The molecule has 2 aromatic heterocycles. The van der Waals surface area contributed by atoms with Gasteiger partial charge < -0.3 is 4.90 Å². The first kappa shape index (κ1) is 38.0. The highest BCUT2D eigenvalue weighted by Gasteiger charge is 2.23. The number of nitrogens with zero attached hydrogens (tertiary/aromatic N) is 3. The van der Waals surface area contributed by atoms with Gasteiger partial charge in [-0.1, -0.05) is 158 Å². The molecule has 0 radical (unpaired) electrons. The van der Waals surface area contributed by atoms with Gasteiger partial charge in [-0.05, 0) is 155 Å². The van der Waals surface area contributed by atoms with E-state index in [-0.39, 0.29) is 0 Å². The van der Waals surface area contributed by atoms with Gasteiger partial charge in [-0.3, -0.25) is 9.97 Å². The Morgan fingerprint density at radius 3 is 1.38 bits per heavy atom. The van der Waals surface area contributed by atoms with Gasteiger partial charge in [0.05, 0.1) is 11.4 Å². The molecule has 0 aliphatic heterocycles. The molecule has 0 spiro atoms. The van der Waals surface area contributed by atoms with Crippen molar-refractivity contribution in [3.63, 3.8) is 0 Å². The summed E-state index contributed by atoms with van der Waals surface area (Å²) in [5.74, 6) is 0. The summed E-state index contributed by atoms with van der Waals surface area (Å²) in [6.45, 7) is 0. The Balaban J connectivity index is 1.17. The molecule has 0 aliphatic rings. The third-order valence-electron chi connectivity index (χ3n) is 12.7. The van der Waals surface area contributed by atoms with Gasteiger partial charge in [0.2, 0.25) is 0 Å².